The van der Waals surface area contributed by atoms with Crippen molar-refractivity contribution < 1.29 is 28.7 Å². The highest BCUT2D eigenvalue weighted by atomic mass is 16.5. The van der Waals surface area contributed by atoms with Gasteiger partial charge in [-0.25, -0.2) is 4.79 Å². The van der Waals surface area contributed by atoms with Crippen molar-refractivity contribution in [1.82, 2.24) is 10.2 Å². The highest BCUT2D eigenvalue weighted by molar-refractivity contribution is 6.08. The van der Waals surface area contributed by atoms with Gasteiger partial charge in [-0.15, -0.1) is 0 Å². The second-order valence-electron chi connectivity index (χ2n) is 7.89. The lowest BCUT2D eigenvalue weighted by atomic mass is 9.75. The summed E-state index contributed by atoms with van der Waals surface area (Å²) >= 11 is 0. The minimum Gasteiger partial charge on any atom is -0.492 e. The van der Waals surface area contributed by atoms with Crippen LogP contribution < -0.4 is 15.4 Å². The minimum absolute atomic E-state index is 0.390. The SMILES string of the molecule is CCOc1ccccc1NC(=O)COC(=O)CN1C(=O)NC2(CCC(CC)CC2)C1=O. The van der Waals surface area contributed by atoms with E-state index in [4.69, 9.17) is 9.47 Å². The largest absolute Gasteiger partial charge is 0.492 e. The van der Waals surface area contributed by atoms with Gasteiger partial charge < -0.3 is 20.1 Å². The van der Waals surface area contributed by atoms with Crippen molar-refractivity contribution in [3.05, 3.63) is 24.3 Å². The summed E-state index contributed by atoms with van der Waals surface area (Å²) in [6.45, 7) is 3.33. The molecule has 1 aliphatic heterocycles. The molecule has 1 aliphatic carbocycles. The molecule has 4 amide bonds. The molecule has 0 atom stereocenters. The summed E-state index contributed by atoms with van der Waals surface area (Å²) in [5.41, 5.74) is -0.451. The third-order valence-electron chi connectivity index (χ3n) is 5.89. The van der Waals surface area contributed by atoms with Crippen molar-refractivity contribution >= 4 is 29.5 Å². The molecule has 0 unspecified atom stereocenters. The zero-order valence-corrected chi connectivity index (χ0v) is 17.9. The first-order valence-electron chi connectivity index (χ1n) is 10.7. The maximum Gasteiger partial charge on any atom is 0.326 e. The van der Waals surface area contributed by atoms with E-state index in [0.717, 1.165) is 24.2 Å². The molecule has 1 heterocycles. The van der Waals surface area contributed by atoms with Crippen molar-refractivity contribution in [3.63, 3.8) is 0 Å². The molecule has 1 saturated carbocycles. The van der Waals surface area contributed by atoms with E-state index in [-0.39, 0.29) is 5.91 Å². The van der Waals surface area contributed by atoms with Crippen LogP contribution in [0.1, 0.15) is 46.0 Å². The maximum absolute atomic E-state index is 12.8. The molecule has 0 radical (unpaired) electrons. The van der Waals surface area contributed by atoms with Gasteiger partial charge in [-0.2, -0.15) is 0 Å². The summed E-state index contributed by atoms with van der Waals surface area (Å²) in [7, 11) is 0. The quantitative estimate of drug-likeness (QED) is 0.483. The number of esters is 1. The molecule has 9 heteroatoms. The van der Waals surface area contributed by atoms with Crippen LogP contribution in [0.4, 0.5) is 10.5 Å². The number of carbonyl (C=O) groups excluding carboxylic acids is 4. The number of ether oxygens (including phenoxy) is 2. The molecule has 1 aromatic rings. The van der Waals surface area contributed by atoms with E-state index in [1.165, 1.54) is 0 Å². The predicted octanol–water partition coefficient (Wildman–Crippen LogP) is 2.46. The van der Waals surface area contributed by atoms with E-state index in [1.54, 1.807) is 24.3 Å². The number of amides is 4. The van der Waals surface area contributed by atoms with Gasteiger partial charge in [-0.3, -0.25) is 19.3 Å². The van der Waals surface area contributed by atoms with Gasteiger partial charge in [0.05, 0.1) is 12.3 Å². The van der Waals surface area contributed by atoms with Crippen LogP contribution >= 0.6 is 0 Å². The molecule has 2 N–H and O–H groups in total. The molecule has 2 aliphatic rings. The van der Waals surface area contributed by atoms with Crippen LogP contribution in [-0.2, 0) is 19.1 Å². The summed E-state index contributed by atoms with van der Waals surface area (Å²) < 4.78 is 10.4. The number of urea groups is 1. The number of nitrogens with one attached hydrogen (secondary N) is 2. The molecule has 1 spiro atoms. The van der Waals surface area contributed by atoms with Crippen LogP contribution in [0, 0.1) is 5.92 Å². The number of anilines is 1. The lowest BCUT2D eigenvalue weighted by Gasteiger charge is -2.34. The van der Waals surface area contributed by atoms with Gasteiger partial charge in [0.15, 0.2) is 6.61 Å². The topological polar surface area (TPSA) is 114 Å². The molecule has 0 bridgehead atoms. The Labute approximate surface area is 181 Å². The molecule has 1 saturated heterocycles. The van der Waals surface area contributed by atoms with Crippen LogP contribution in [0.5, 0.6) is 5.75 Å². The van der Waals surface area contributed by atoms with E-state index in [0.29, 0.717) is 36.8 Å². The number of nitrogens with zero attached hydrogens (tertiary/aromatic N) is 1. The van der Waals surface area contributed by atoms with E-state index in [2.05, 4.69) is 17.6 Å². The molecule has 31 heavy (non-hydrogen) atoms. The van der Waals surface area contributed by atoms with Crippen molar-refractivity contribution in [2.45, 2.75) is 51.5 Å². The van der Waals surface area contributed by atoms with Crippen LogP contribution in [-0.4, -0.2) is 54.0 Å². The van der Waals surface area contributed by atoms with Gasteiger partial charge in [0.2, 0.25) is 0 Å². The van der Waals surface area contributed by atoms with Crippen molar-refractivity contribution in [3.8, 4) is 5.75 Å². The monoisotopic (exact) mass is 431 g/mol. The van der Waals surface area contributed by atoms with E-state index in [9.17, 15) is 19.2 Å². The Morgan fingerprint density at radius 2 is 1.90 bits per heavy atom. The van der Waals surface area contributed by atoms with Crippen LogP contribution in [0.3, 0.4) is 0 Å². The van der Waals surface area contributed by atoms with E-state index >= 15 is 0 Å². The Balaban J connectivity index is 1.50. The lowest BCUT2D eigenvalue weighted by molar-refractivity contribution is -0.150. The van der Waals surface area contributed by atoms with Gasteiger partial charge in [0.25, 0.3) is 11.8 Å². The fourth-order valence-electron chi connectivity index (χ4n) is 4.10. The zero-order valence-electron chi connectivity index (χ0n) is 17.9. The van der Waals surface area contributed by atoms with Crippen LogP contribution in [0.15, 0.2) is 24.3 Å². The fraction of sp³-hybridized carbons (Fsp3) is 0.545. The van der Waals surface area contributed by atoms with Gasteiger partial charge in [0.1, 0.15) is 17.8 Å². The van der Waals surface area contributed by atoms with Crippen molar-refractivity contribution in [1.29, 1.82) is 0 Å². The normalized spacial score (nSPS) is 22.9. The first kappa shape index (κ1) is 22.6. The van der Waals surface area contributed by atoms with Gasteiger partial charge >= 0.3 is 12.0 Å². The lowest BCUT2D eigenvalue weighted by Crippen LogP contribution is -2.49. The average Bonchev–Trinajstić information content (AvgIpc) is 2.98. The predicted molar refractivity (Wildman–Crippen MR) is 112 cm³/mol. The molecule has 1 aromatic carbocycles. The minimum atomic E-state index is -0.913. The van der Waals surface area contributed by atoms with Gasteiger partial charge in [-0.05, 0) is 50.7 Å². The first-order chi connectivity index (χ1) is 14.9. The summed E-state index contributed by atoms with van der Waals surface area (Å²) in [6, 6.07) is 6.32. The van der Waals surface area contributed by atoms with Gasteiger partial charge in [0, 0.05) is 0 Å². The van der Waals surface area contributed by atoms with Gasteiger partial charge in [-0.1, -0.05) is 25.5 Å². The Morgan fingerprint density at radius 3 is 2.58 bits per heavy atom. The number of carbonyl (C=O) groups is 4. The number of hydrogen-bond donors (Lipinski definition) is 2. The zero-order chi connectivity index (χ0) is 22.4. The number of hydrogen-bond acceptors (Lipinski definition) is 6. The first-order valence-corrected chi connectivity index (χ1v) is 10.7. The Bertz CT molecular complexity index is 847. The second kappa shape index (κ2) is 9.80. The highest BCUT2D eigenvalue weighted by Crippen LogP contribution is 2.37. The summed E-state index contributed by atoms with van der Waals surface area (Å²) in [4.78, 5) is 50.4. The second-order valence-corrected chi connectivity index (χ2v) is 7.89. The van der Waals surface area contributed by atoms with E-state index < -0.39 is 36.6 Å². The molecule has 2 fully saturated rings. The number of benzene rings is 1. The Morgan fingerprint density at radius 1 is 1.19 bits per heavy atom. The smallest absolute Gasteiger partial charge is 0.326 e. The summed E-state index contributed by atoms with van der Waals surface area (Å²) in [6.07, 6.45) is 3.92. The van der Waals surface area contributed by atoms with Crippen LogP contribution in [0.25, 0.3) is 0 Å². The standard InChI is InChI=1S/C22H29N3O6/c1-3-15-9-11-22(12-10-15)20(28)25(21(29)24-22)13-19(27)31-14-18(26)23-16-7-5-6-8-17(16)30-4-2/h5-8,15H,3-4,9-14H2,1-2H3,(H,23,26)(H,24,29). The number of rotatable bonds is 8. The maximum atomic E-state index is 12.8. The molecule has 3 rings (SSSR count). The average molecular weight is 431 g/mol. The summed E-state index contributed by atoms with van der Waals surface area (Å²) in [5, 5.41) is 5.39. The fourth-order valence-corrected chi connectivity index (χ4v) is 4.10. The third-order valence-corrected chi connectivity index (χ3v) is 5.89. The molecule has 9 nitrogen and oxygen atoms in total. The van der Waals surface area contributed by atoms with Crippen molar-refractivity contribution in [2.75, 3.05) is 25.1 Å². The number of imide groups is 1. The van der Waals surface area contributed by atoms with Crippen molar-refractivity contribution in [2.24, 2.45) is 5.92 Å². The van der Waals surface area contributed by atoms with E-state index in [1.807, 2.05) is 6.92 Å². The number of para-hydroxylation sites is 2. The highest BCUT2D eigenvalue weighted by Gasteiger charge is 2.52. The summed E-state index contributed by atoms with van der Waals surface area (Å²) in [5.74, 6) is -0.699. The third kappa shape index (κ3) is 5.15. The molecule has 0 aromatic heterocycles. The molecular weight excluding hydrogens is 402 g/mol. The molecule has 168 valence electrons. The molecular formula is C22H29N3O6. The Hall–Kier alpha value is -3.10. The Kier molecular flexibility index (Phi) is 7.14. The van der Waals surface area contributed by atoms with Crippen LogP contribution in [0.2, 0.25) is 0 Å².